The Hall–Kier alpha value is -2.41. The van der Waals surface area contributed by atoms with Crippen molar-refractivity contribution in [1.82, 2.24) is 24.7 Å². The van der Waals surface area contributed by atoms with Crippen molar-refractivity contribution in [2.75, 3.05) is 40.3 Å². The highest BCUT2D eigenvalue weighted by molar-refractivity contribution is 5.81. The molecule has 1 fully saturated rings. The molecule has 1 aliphatic rings. The second-order valence-corrected chi connectivity index (χ2v) is 6.59. The number of rotatable bonds is 4. The van der Waals surface area contributed by atoms with E-state index in [0.717, 1.165) is 17.6 Å². The minimum absolute atomic E-state index is 0.00727. The van der Waals surface area contributed by atoms with Gasteiger partial charge >= 0.3 is 0 Å². The third-order valence-corrected chi connectivity index (χ3v) is 4.79. The molecule has 3 rings (SSSR count). The zero-order valence-corrected chi connectivity index (χ0v) is 14.8. The Morgan fingerprint density at radius 1 is 1.24 bits per heavy atom. The average molecular weight is 343 g/mol. The Morgan fingerprint density at radius 2 is 2.04 bits per heavy atom. The van der Waals surface area contributed by atoms with Crippen LogP contribution in [0.15, 0.2) is 30.6 Å². The normalized spacial score (nSPS) is 19.0. The molecule has 0 radical (unpaired) electrons. The molecule has 25 heavy (non-hydrogen) atoms. The molecule has 7 heteroatoms. The second-order valence-electron chi connectivity index (χ2n) is 6.59. The van der Waals surface area contributed by atoms with Crippen molar-refractivity contribution in [2.24, 2.45) is 5.92 Å². The number of imidazole rings is 1. The van der Waals surface area contributed by atoms with Crippen molar-refractivity contribution < 1.29 is 9.59 Å². The zero-order valence-electron chi connectivity index (χ0n) is 14.8. The minimum Gasteiger partial charge on any atom is -0.359 e. The number of nitrogens with zero attached hydrogens (tertiary/aromatic N) is 4. The fourth-order valence-electron chi connectivity index (χ4n) is 3.33. The third kappa shape index (κ3) is 3.99. The largest absolute Gasteiger partial charge is 0.359 e. The maximum Gasteiger partial charge on any atom is 0.225 e. The molecule has 1 aromatic heterocycles. The first-order valence-corrected chi connectivity index (χ1v) is 8.66. The molecule has 1 saturated heterocycles. The third-order valence-electron chi connectivity index (χ3n) is 4.79. The van der Waals surface area contributed by atoms with Gasteiger partial charge in [-0.05, 0) is 19.2 Å². The SMILES string of the molecule is CNC(=O)C1CN(C)CCN(C(=O)CCn2cnc3ccccc32)C1. The highest BCUT2D eigenvalue weighted by Crippen LogP contribution is 2.14. The molecule has 7 nitrogen and oxygen atoms in total. The van der Waals surface area contributed by atoms with Gasteiger partial charge < -0.3 is 19.7 Å². The maximum atomic E-state index is 12.7. The Bertz CT molecular complexity index is 757. The highest BCUT2D eigenvalue weighted by Gasteiger charge is 2.28. The molecule has 0 saturated carbocycles. The van der Waals surface area contributed by atoms with Crippen molar-refractivity contribution >= 4 is 22.8 Å². The number of nitrogens with one attached hydrogen (secondary N) is 1. The van der Waals surface area contributed by atoms with Gasteiger partial charge in [0, 0.05) is 46.2 Å². The minimum atomic E-state index is -0.185. The first kappa shape index (κ1) is 17.4. The van der Waals surface area contributed by atoms with Gasteiger partial charge in [0.2, 0.25) is 11.8 Å². The first-order chi connectivity index (χ1) is 12.1. The summed E-state index contributed by atoms with van der Waals surface area (Å²) in [6, 6.07) is 7.90. The Labute approximate surface area is 147 Å². The predicted molar refractivity (Wildman–Crippen MR) is 96.0 cm³/mol. The van der Waals surface area contributed by atoms with Gasteiger partial charge in [-0.2, -0.15) is 0 Å². The quantitative estimate of drug-likeness (QED) is 0.881. The van der Waals surface area contributed by atoms with Gasteiger partial charge in [-0.3, -0.25) is 9.59 Å². The average Bonchev–Trinajstić information content (AvgIpc) is 2.93. The molecule has 2 aromatic rings. The number of para-hydroxylation sites is 2. The number of benzene rings is 1. The second kappa shape index (κ2) is 7.65. The lowest BCUT2D eigenvalue weighted by Gasteiger charge is -2.23. The molecule has 134 valence electrons. The van der Waals surface area contributed by atoms with E-state index < -0.39 is 0 Å². The fourth-order valence-corrected chi connectivity index (χ4v) is 3.33. The van der Waals surface area contributed by atoms with E-state index in [1.165, 1.54) is 0 Å². The van der Waals surface area contributed by atoms with E-state index >= 15 is 0 Å². The molecule has 1 aromatic carbocycles. The standard InChI is InChI=1S/C18H25N5O2/c1-19-18(25)14-11-21(2)9-10-22(12-14)17(24)7-8-23-13-20-15-5-3-4-6-16(15)23/h3-6,13-14H,7-12H2,1-2H3,(H,19,25). The smallest absolute Gasteiger partial charge is 0.225 e. The van der Waals surface area contributed by atoms with Crippen molar-refractivity contribution in [3.05, 3.63) is 30.6 Å². The molecule has 1 unspecified atom stereocenters. The van der Waals surface area contributed by atoms with Crippen molar-refractivity contribution in [3.63, 3.8) is 0 Å². The van der Waals surface area contributed by atoms with Crippen LogP contribution < -0.4 is 5.32 Å². The van der Waals surface area contributed by atoms with Crippen LogP contribution in [0.4, 0.5) is 0 Å². The summed E-state index contributed by atoms with van der Waals surface area (Å²) in [7, 11) is 3.63. The van der Waals surface area contributed by atoms with Crippen LogP contribution in [0.1, 0.15) is 6.42 Å². The van der Waals surface area contributed by atoms with E-state index in [9.17, 15) is 9.59 Å². The van der Waals surface area contributed by atoms with E-state index in [0.29, 0.717) is 32.6 Å². The molecular formula is C18H25N5O2. The summed E-state index contributed by atoms with van der Waals surface area (Å²) in [6.07, 6.45) is 2.19. The van der Waals surface area contributed by atoms with E-state index in [2.05, 4.69) is 15.2 Å². The number of fused-ring (bicyclic) bond motifs is 1. The lowest BCUT2D eigenvalue weighted by Crippen LogP contribution is -2.41. The van der Waals surface area contributed by atoms with Gasteiger partial charge in [0.25, 0.3) is 0 Å². The van der Waals surface area contributed by atoms with Gasteiger partial charge in [-0.25, -0.2) is 4.98 Å². The zero-order chi connectivity index (χ0) is 17.8. The molecule has 2 heterocycles. The van der Waals surface area contributed by atoms with E-state index in [1.54, 1.807) is 13.4 Å². The number of aryl methyl sites for hydroxylation is 1. The monoisotopic (exact) mass is 343 g/mol. The molecule has 0 bridgehead atoms. The van der Waals surface area contributed by atoms with Crippen LogP contribution in [0.5, 0.6) is 0 Å². The van der Waals surface area contributed by atoms with Crippen molar-refractivity contribution in [1.29, 1.82) is 0 Å². The maximum absolute atomic E-state index is 12.7. The van der Waals surface area contributed by atoms with Crippen LogP contribution in [0.2, 0.25) is 0 Å². The molecule has 1 atom stereocenters. The van der Waals surface area contributed by atoms with Gasteiger partial charge in [0.05, 0.1) is 23.3 Å². The van der Waals surface area contributed by atoms with Crippen LogP contribution in [0.25, 0.3) is 11.0 Å². The van der Waals surface area contributed by atoms with E-state index in [-0.39, 0.29) is 17.7 Å². The van der Waals surface area contributed by atoms with Crippen LogP contribution in [0, 0.1) is 5.92 Å². The molecule has 0 spiro atoms. The number of carbonyl (C=O) groups excluding carboxylic acids is 2. The predicted octanol–water partition coefficient (Wildman–Crippen LogP) is 0.563. The van der Waals surface area contributed by atoms with E-state index in [4.69, 9.17) is 0 Å². The molecule has 1 N–H and O–H groups in total. The van der Waals surface area contributed by atoms with Crippen LogP contribution in [-0.4, -0.2) is 71.4 Å². The lowest BCUT2D eigenvalue weighted by molar-refractivity contribution is -0.133. The van der Waals surface area contributed by atoms with Crippen LogP contribution in [-0.2, 0) is 16.1 Å². The number of hydrogen-bond donors (Lipinski definition) is 1. The number of likely N-dealkylation sites (N-methyl/N-ethyl adjacent to an activating group) is 1. The summed E-state index contributed by atoms with van der Waals surface area (Å²) < 4.78 is 2.01. The molecule has 1 aliphatic heterocycles. The van der Waals surface area contributed by atoms with Gasteiger partial charge in [0.1, 0.15) is 0 Å². The molecule has 0 aliphatic carbocycles. The summed E-state index contributed by atoms with van der Waals surface area (Å²) >= 11 is 0. The first-order valence-electron chi connectivity index (χ1n) is 8.66. The molecular weight excluding hydrogens is 318 g/mol. The van der Waals surface area contributed by atoms with Crippen molar-refractivity contribution in [3.8, 4) is 0 Å². The Kier molecular flexibility index (Phi) is 5.33. The highest BCUT2D eigenvalue weighted by atomic mass is 16.2. The van der Waals surface area contributed by atoms with Crippen LogP contribution in [0.3, 0.4) is 0 Å². The lowest BCUT2D eigenvalue weighted by atomic mass is 10.1. The number of aromatic nitrogens is 2. The topological polar surface area (TPSA) is 70.5 Å². The number of amides is 2. The summed E-state index contributed by atoms with van der Waals surface area (Å²) in [6.45, 7) is 3.19. The van der Waals surface area contributed by atoms with Crippen molar-refractivity contribution in [2.45, 2.75) is 13.0 Å². The Balaban J connectivity index is 1.64. The molecule has 2 amide bonds. The van der Waals surface area contributed by atoms with E-state index in [1.807, 2.05) is 40.8 Å². The van der Waals surface area contributed by atoms with Gasteiger partial charge in [-0.15, -0.1) is 0 Å². The summed E-state index contributed by atoms with van der Waals surface area (Å²) in [4.78, 5) is 33.0. The summed E-state index contributed by atoms with van der Waals surface area (Å²) in [5, 5.41) is 2.70. The number of hydrogen-bond acceptors (Lipinski definition) is 4. The fraction of sp³-hybridized carbons (Fsp3) is 0.500. The van der Waals surface area contributed by atoms with Gasteiger partial charge in [0.15, 0.2) is 0 Å². The van der Waals surface area contributed by atoms with Crippen LogP contribution >= 0.6 is 0 Å². The summed E-state index contributed by atoms with van der Waals surface area (Å²) in [5.41, 5.74) is 1.97. The summed E-state index contributed by atoms with van der Waals surface area (Å²) in [5.74, 6) is -0.107. The van der Waals surface area contributed by atoms with Gasteiger partial charge in [-0.1, -0.05) is 12.1 Å². The Morgan fingerprint density at radius 3 is 2.84 bits per heavy atom. The number of carbonyl (C=O) groups is 2.